The Labute approximate surface area is 93.8 Å². The third kappa shape index (κ3) is 3.68. The fourth-order valence-corrected chi connectivity index (χ4v) is 1.23. The van der Waals surface area contributed by atoms with Crippen molar-refractivity contribution in [3.05, 3.63) is 30.1 Å². The van der Waals surface area contributed by atoms with Crippen LogP contribution in [-0.4, -0.2) is 30.0 Å². The zero-order valence-electron chi connectivity index (χ0n) is 9.27. The molecule has 1 atom stereocenters. The molecule has 1 aromatic heterocycles. The number of carbonyl (C=O) groups excluding carboxylic acids is 2. The van der Waals surface area contributed by atoms with Gasteiger partial charge in [-0.1, -0.05) is 6.07 Å². The van der Waals surface area contributed by atoms with Crippen molar-refractivity contribution in [3.8, 4) is 0 Å². The molecule has 16 heavy (non-hydrogen) atoms. The Hall–Kier alpha value is -1.91. The van der Waals surface area contributed by atoms with Crippen LogP contribution in [-0.2, 0) is 16.0 Å². The second-order valence-electron chi connectivity index (χ2n) is 3.32. The average molecular weight is 222 g/mol. The Morgan fingerprint density at radius 1 is 1.50 bits per heavy atom. The summed E-state index contributed by atoms with van der Waals surface area (Å²) in [5.74, 6) is -0.129. The SMILES string of the molecule is COC(=O)NC(Cc1ccccn1)C(C)=O. The third-order valence-electron chi connectivity index (χ3n) is 2.11. The number of Topliss-reactive ketones (excluding diaryl/α,β-unsaturated/α-hetero) is 1. The molecule has 0 saturated heterocycles. The minimum Gasteiger partial charge on any atom is -0.453 e. The number of aromatic nitrogens is 1. The highest BCUT2D eigenvalue weighted by Gasteiger charge is 2.18. The van der Waals surface area contributed by atoms with E-state index < -0.39 is 12.1 Å². The van der Waals surface area contributed by atoms with Crippen LogP contribution in [0.3, 0.4) is 0 Å². The molecule has 1 amide bonds. The lowest BCUT2D eigenvalue weighted by Crippen LogP contribution is -2.41. The van der Waals surface area contributed by atoms with Gasteiger partial charge in [0.05, 0.1) is 13.2 Å². The molecule has 0 aliphatic heterocycles. The molecule has 5 nitrogen and oxygen atoms in total. The Morgan fingerprint density at radius 2 is 2.25 bits per heavy atom. The van der Waals surface area contributed by atoms with Crippen molar-refractivity contribution < 1.29 is 14.3 Å². The maximum absolute atomic E-state index is 11.3. The van der Waals surface area contributed by atoms with Gasteiger partial charge in [-0.25, -0.2) is 4.79 Å². The van der Waals surface area contributed by atoms with Crippen LogP contribution in [0.25, 0.3) is 0 Å². The van der Waals surface area contributed by atoms with Crippen LogP contribution in [0.1, 0.15) is 12.6 Å². The van der Waals surface area contributed by atoms with E-state index in [9.17, 15) is 9.59 Å². The first-order valence-corrected chi connectivity index (χ1v) is 4.88. The first-order chi connectivity index (χ1) is 7.63. The van der Waals surface area contributed by atoms with Gasteiger partial charge in [-0.15, -0.1) is 0 Å². The monoisotopic (exact) mass is 222 g/mol. The van der Waals surface area contributed by atoms with Crippen LogP contribution in [0.5, 0.6) is 0 Å². The Balaban J connectivity index is 2.65. The molecule has 5 heteroatoms. The maximum atomic E-state index is 11.3. The van der Waals surface area contributed by atoms with E-state index in [1.807, 2.05) is 6.07 Å². The number of ketones is 1. The van der Waals surface area contributed by atoms with Gasteiger partial charge in [-0.3, -0.25) is 9.78 Å². The largest absolute Gasteiger partial charge is 0.453 e. The quantitative estimate of drug-likeness (QED) is 0.823. The van der Waals surface area contributed by atoms with Crippen LogP contribution in [0.2, 0.25) is 0 Å². The Bertz CT molecular complexity index is 365. The summed E-state index contributed by atoms with van der Waals surface area (Å²) < 4.78 is 4.45. The summed E-state index contributed by atoms with van der Waals surface area (Å²) in [6, 6.07) is 4.83. The molecule has 86 valence electrons. The molecular weight excluding hydrogens is 208 g/mol. The van der Waals surface area contributed by atoms with Gasteiger partial charge in [0.15, 0.2) is 5.78 Å². The molecule has 1 N–H and O–H groups in total. The summed E-state index contributed by atoms with van der Waals surface area (Å²) in [6.07, 6.45) is 1.40. The summed E-state index contributed by atoms with van der Waals surface area (Å²) in [6.45, 7) is 1.42. The van der Waals surface area contributed by atoms with Crippen LogP contribution in [0.15, 0.2) is 24.4 Å². The van der Waals surface area contributed by atoms with Gasteiger partial charge in [0.2, 0.25) is 0 Å². The van der Waals surface area contributed by atoms with Crippen LogP contribution < -0.4 is 5.32 Å². The molecule has 1 rings (SSSR count). The summed E-state index contributed by atoms with van der Waals surface area (Å²) in [5.41, 5.74) is 0.749. The van der Waals surface area contributed by atoms with Crippen LogP contribution in [0.4, 0.5) is 4.79 Å². The van der Waals surface area contributed by atoms with E-state index in [0.717, 1.165) is 5.69 Å². The van der Waals surface area contributed by atoms with Crippen molar-refractivity contribution in [2.75, 3.05) is 7.11 Å². The van der Waals surface area contributed by atoms with E-state index >= 15 is 0 Å². The molecule has 0 spiro atoms. The third-order valence-corrected chi connectivity index (χ3v) is 2.11. The second kappa shape index (κ2) is 5.85. The van der Waals surface area contributed by atoms with Crippen LogP contribution >= 0.6 is 0 Å². The molecular formula is C11H14N2O3. The van der Waals surface area contributed by atoms with Gasteiger partial charge < -0.3 is 10.1 Å². The molecule has 0 radical (unpaired) electrons. The van der Waals surface area contributed by atoms with Crippen molar-refractivity contribution in [3.63, 3.8) is 0 Å². The summed E-state index contributed by atoms with van der Waals surface area (Å²) >= 11 is 0. The van der Waals surface area contributed by atoms with Crippen molar-refractivity contribution in [2.24, 2.45) is 0 Å². The number of hydrogen-bond donors (Lipinski definition) is 1. The number of ether oxygens (including phenoxy) is 1. The normalized spacial score (nSPS) is 11.6. The minimum absolute atomic E-state index is 0.129. The molecule has 1 unspecified atom stereocenters. The molecule has 0 saturated carbocycles. The van der Waals surface area contributed by atoms with Gasteiger partial charge in [0.25, 0.3) is 0 Å². The number of methoxy groups -OCH3 is 1. The lowest BCUT2D eigenvalue weighted by Gasteiger charge is -2.14. The average Bonchev–Trinajstić information content (AvgIpc) is 2.29. The summed E-state index contributed by atoms with van der Waals surface area (Å²) in [4.78, 5) is 26.4. The highest BCUT2D eigenvalue weighted by molar-refractivity contribution is 5.85. The topological polar surface area (TPSA) is 68.3 Å². The second-order valence-corrected chi connectivity index (χ2v) is 3.32. The number of amides is 1. The number of nitrogens with zero attached hydrogens (tertiary/aromatic N) is 1. The van der Waals surface area contributed by atoms with Gasteiger partial charge in [0.1, 0.15) is 0 Å². The van der Waals surface area contributed by atoms with Crippen molar-refractivity contribution in [1.82, 2.24) is 10.3 Å². The number of alkyl carbamates (subject to hydrolysis) is 1. The summed E-state index contributed by atoms with van der Waals surface area (Å²) in [5, 5.41) is 2.46. The molecule has 0 aliphatic rings. The number of carbonyl (C=O) groups is 2. The van der Waals surface area contributed by atoms with E-state index in [-0.39, 0.29) is 5.78 Å². The predicted molar refractivity (Wildman–Crippen MR) is 58.0 cm³/mol. The van der Waals surface area contributed by atoms with Gasteiger partial charge in [-0.05, 0) is 19.1 Å². The van der Waals surface area contributed by atoms with E-state index in [2.05, 4.69) is 15.0 Å². The van der Waals surface area contributed by atoms with Crippen LogP contribution in [0, 0.1) is 0 Å². The lowest BCUT2D eigenvalue weighted by molar-refractivity contribution is -0.118. The predicted octanol–water partition coefficient (Wildman–Crippen LogP) is 0.938. The number of pyridine rings is 1. The molecule has 1 aromatic rings. The fraction of sp³-hybridized carbons (Fsp3) is 0.364. The zero-order chi connectivity index (χ0) is 12.0. The van der Waals surface area contributed by atoms with Crippen molar-refractivity contribution in [2.45, 2.75) is 19.4 Å². The molecule has 0 aliphatic carbocycles. The highest BCUT2D eigenvalue weighted by atomic mass is 16.5. The van der Waals surface area contributed by atoms with E-state index in [4.69, 9.17) is 0 Å². The zero-order valence-corrected chi connectivity index (χ0v) is 9.27. The number of nitrogens with one attached hydrogen (secondary N) is 1. The number of hydrogen-bond acceptors (Lipinski definition) is 4. The Kier molecular flexibility index (Phi) is 4.44. The number of rotatable bonds is 4. The Morgan fingerprint density at radius 3 is 2.75 bits per heavy atom. The van der Waals surface area contributed by atoms with Gasteiger partial charge in [-0.2, -0.15) is 0 Å². The first kappa shape index (κ1) is 12.2. The van der Waals surface area contributed by atoms with Gasteiger partial charge in [0, 0.05) is 18.3 Å². The van der Waals surface area contributed by atoms with E-state index in [1.165, 1.54) is 14.0 Å². The van der Waals surface area contributed by atoms with E-state index in [1.54, 1.807) is 18.3 Å². The first-order valence-electron chi connectivity index (χ1n) is 4.88. The summed E-state index contributed by atoms with van der Waals surface area (Å²) in [7, 11) is 1.26. The fourth-order valence-electron chi connectivity index (χ4n) is 1.23. The van der Waals surface area contributed by atoms with Gasteiger partial charge >= 0.3 is 6.09 Å². The standard InChI is InChI=1S/C11H14N2O3/c1-8(14)10(13-11(15)16-2)7-9-5-3-4-6-12-9/h3-6,10H,7H2,1-2H3,(H,13,15). The van der Waals surface area contributed by atoms with Crippen molar-refractivity contribution >= 4 is 11.9 Å². The maximum Gasteiger partial charge on any atom is 0.407 e. The van der Waals surface area contributed by atoms with E-state index in [0.29, 0.717) is 6.42 Å². The lowest BCUT2D eigenvalue weighted by atomic mass is 10.1. The molecule has 0 aromatic carbocycles. The molecule has 1 heterocycles. The minimum atomic E-state index is -0.615. The highest BCUT2D eigenvalue weighted by Crippen LogP contribution is 2.00. The molecule has 0 fully saturated rings. The van der Waals surface area contributed by atoms with Crippen molar-refractivity contribution in [1.29, 1.82) is 0 Å². The smallest absolute Gasteiger partial charge is 0.407 e. The molecule has 0 bridgehead atoms.